The van der Waals surface area contributed by atoms with Gasteiger partial charge in [-0.05, 0) is 5.56 Å². The van der Waals surface area contributed by atoms with Crippen molar-refractivity contribution in [3.8, 4) is 6.07 Å². The zero-order valence-corrected chi connectivity index (χ0v) is 7.68. The minimum atomic E-state index is -1.09. The molecule has 0 amide bonds. The summed E-state index contributed by atoms with van der Waals surface area (Å²) in [7, 11) is 0. The van der Waals surface area contributed by atoms with Crippen LogP contribution >= 0.6 is 0 Å². The Morgan fingerprint density at radius 2 is 2.07 bits per heavy atom. The van der Waals surface area contributed by atoms with Gasteiger partial charge in [-0.3, -0.25) is 4.79 Å². The molecule has 0 saturated carbocycles. The third-order valence-electron chi connectivity index (χ3n) is 1.90. The predicted molar refractivity (Wildman–Crippen MR) is 51.3 cm³/mol. The molecule has 1 atom stereocenters. The third kappa shape index (κ3) is 2.68. The molecule has 0 heterocycles. The fourth-order valence-electron chi connectivity index (χ4n) is 1.14. The Morgan fingerprint density at radius 3 is 2.64 bits per heavy atom. The summed E-state index contributed by atoms with van der Waals surface area (Å²) in [5, 5.41) is 17.8. The zero-order valence-electron chi connectivity index (χ0n) is 7.68. The fourth-order valence-corrected chi connectivity index (χ4v) is 1.14. The largest absolute Gasteiger partial charge is 0.381 e. The number of hydrogen-bond donors (Lipinski definition) is 1. The highest BCUT2D eigenvalue weighted by Crippen LogP contribution is 2.15. The Hall–Kier alpha value is -1.66. The van der Waals surface area contributed by atoms with E-state index in [1.165, 1.54) is 0 Å². The van der Waals surface area contributed by atoms with E-state index in [1.807, 2.05) is 12.1 Å². The van der Waals surface area contributed by atoms with Gasteiger partial charge in [-0.15, -0.1) is 0 Å². The number of Topliss-reactive ketones (excluding diaryl/α,β-unsaturated/α-hetero) is 1. The number of carbonyl (C=O) groups excluding carboxylic acids is 1. The maximum absolute atomic E-state index is 11.3. The molecule has 0 radical (unpaired) electrons. The van der Waals surface area contributed by atoms with Crippen molar-refractivity contribution in [3.05, 3.63) is 35.9 Å². The SMILES string of the molecule is N#CCCC(=O)C(O)c1ccccc1. The van der Waals surface area contributed by atoms with Gasteiger partial charge in [0.2, 0.25) is 0 Å². The molecule has 1 rings (SSSR count). The number of carbonyl (C=O) groups is 1. The fraction of sp³-hybridized carbons (Fsp3) is 0.273. The molecule has 1 aromatic carbocycles. The van der Waals surface area contributed by atoms with Crippen LogP contribution in [0.5, 0.6) is 0 Å². The Labute approximate surface area is 82.6 Å². The molecule has 0 aliphatic rings. The smallest absolute Gasteiger partial charge is 0.166 e. The number of benzene rings is 1. The lowest BCUT2D eigenvalue weighted by Gasteiger charge is -2.07. The van der Waals surface area contributed by atoms with E-state index >= 15 is 0 Å². The van der Waals surface area contributed by atoms with Crippen LogP contribution in [-0.2, 0) is 4.79 Å². The Balaban J connectivity index is 2.62. The van der Waals surface area contributed by atoms with E-state index in [0.717, 1.165) is 0 Å². The van der Waals surface area contributed by atoms with Crippen molar-refractivity contribution in [3.63, 3.8) is 0 Å². The summed E-state index contributed by atoms with van der Waals surface area (Å²) in [6.45, 7) is 0. The number of hydrogen-bond acceptors (Lipinski definition) is 3. The zero-order chi connectivity index (χ0) is 10.4. The number of rotatable bonds is 4. The normalized spacial score (nSPS) is 11.7. The van der Waals surface area contributed by atoms with Crippen LogP contribution in [0.4, 0.5) is 0 Å². The predicted octanol–water partition coefficient (Wildman–Crippen LogP) is 1.59. The molecule has 0 bridgehead atoms. The summed E-state index contributed by atoms with van der Waals surface area (Å²) < 4.78 is 0. The van der Waals surface area contributed by atoms with Crippen molar-refractivity contribution in [2.75, 3.05) is 0 Å². The molecule has 1 unspecified atom stereocenters. The first-order valence-electron chi connectivity index (χ1n) is 4.38. The summed E-state index contributed by atoms with van der Waals surface area (Å²) in [5.74, 6) is -0.308. The summed E-state index contributed by atoms with van der Waals surface area (Å²) >= 11 is 0. The van der Waals surface area contributed by atoms with Crippen molar-refractivity contribution < 1.29 is 9.90 Å². The van der Waals surface area contributed by atoms with Crippen LogP contribution < -0.4 is 0 Å². The summed E-state index contributed by atoms with van der Waals surface area (Å²) in [5.41, 5.74) is 0.579. The van der Waals surface area contributed by atoms with Crippen molar-refractivity contribution >= 4 is 5.78 Å². The first-order valence-corrected chi connectivity index (χ1v) is 4.38. The van der Waals surface area contributed by atoms with E-state index in [4.69, 9.17) is 5.26 Å². The molecule has 0 spiro atoms. The molecule has 72 valence electrons. The second-order valence-corrected chi connectivity index (χ2v) is 2.94. The molecule has 1 N–H and O–H groups in total. The summed E-state index contributed by atoms with van der Waals surface area (Å²) in [6, 6.07) is 10.6. The Bertz CT molecular complexity index is 340. The molecular formula is C11H11NO2. The lowest BCUT2D eigenvalue weighted by Crippen LogP contribution is -2.11. The lowest BCUT2D eigenvalue weighted by atomic mass is 10.0. The maximum Gasteiger partial charge on any atom is 0.166 e. The van der Waals surface area contributed by atoms with E-state index in [2.05, 4.69) is 0 Å². The average molecular weight is 189 g/mol. The van der Waals surface area contributed by atoms with Gasteiger partial charge in [-0.25, -0.2) is 0 Å². The molecule has 0 aliphatic carbocycles. The second kappa shape index (κ2) is 5.15. The summed E-state index contributed by atoms with van der Waals surface area (Å²) in [4.78, 5) is 11.3. The number of aliphatic hydroxyl groups is 1. The molecular weight excluding hydrogens is 178 g/mol. The van der Waals surface area contributed by atoms with E-state index < -0.39 is 6.10 Å². The molecule has 0 aliphatic heterocycles. The Kier molecular flexibility index (Phi) is 3.84. The minimum absolute atomic E-state index is 0.104. The standard InChI is InChI=1S/C11H11NO2/c12-8-4-7-10(13)11(14)9-5-2-1-3-6-9/h1-3,5-6,11,14H,4,7H2. The topological polar surface area (TPSA) is 61.1 Å². The number of aliphatic hydroxyl groups excluding tert-OH is 1. The maximum atomic E-state index is 11.3. The van der Waals surface area contributed by atoms with Crippen LogP contribution in [0.15, 0.2) is 30.3 Å². The van der Waals surface area contributed by atoms with Gasteiger partial charge in [0.15, 0.2) is 5.78 Å². The third-order valence-corrected chi connectivity index (χ3v) is 1.90. The molecule has 0 saturated heterocycles. The van der Waals surface area contributed by atoms with Crippen molar-refractivity contribution in [2.45, 2.75) is 18.9 Å². The van der Waals surface area contributed by atoms with Crippen LogP contribution in [0.3, 0.4) is 0 Å². The quantitative estimate of drug-likeness (QED) is 0.782. The molecule has 3 nitrogen and oxygen atoms in total. The van der Waals surface area contributed by atoms with Crippen LogP contribution in [0, 0.1) is 11.3 Å². The van der Waals surface area contributed by atoms with Gasteiger partial charge < -0.3 is 5.11 Å². The van der Waals surface area contributed by atoms with Crippen molar-refractivity contribution in [1.82, 2.24) is 0 Å². The average Bonchev–Trinajstić information content (AvgIpc) is 2.26. The molecule has 14 heavy (non-hydrogen) atoms. The highest BCUT2D eigenvalue weighted by molar-refractivity contribution is 5.84. The van der Waals surface area contributed by atoms with Crippen LogP contribution in [0.2, 0.25) is 0 Å². The molecule has 0 fully saturated rings. The van der Waals surface area contributed by atoms with Gasteiger partial charge in [-0.2, -0.15) is 5.26 Å². The van der Waals surface area contributed by atoms with Crippen LogP contribution in [0.25, 0.3) is 0 Å². The van der Waals surface area contributed by atoms with Gasteiger partial charge in [0.1, 0.15) is 6.10 Å². The molecule has 3 heteroatoms. The van der Waals surface area contributed by atoms with E-state index in [9.17, 15) is 9.90 Å². The summed E-state index contributed by atoms with van der Waals surface area (Å²) in [6.07, 6.45) is -0.834. The first kappa shape index (κ1) is 10.4. The van der Waals surface area contributed by atoms with E-state index in [-0.39, 0.29) is 18.6 Å². The second-order valence-electron chi connectivity index (χ2n) is 2.94. The Morgan fingerprint density at radius 1 is 1.43 bits per heavy atom. The van der Waals surface area contributed by atoms with Gasteiger partial charge in [0.05, 0.1) is 6.07 Å². The highest BCUT2D eigenvalue weighted by atomic mass is 16.3. The number of nitriles is 1. The van der Waals surface area contributed by atoms with Gasteiger partial charge in [0.25, 0.3) is 0 Å². The molecule has 0 aromatic heterocycles. The highest BCUT2D eigenvalue weighted by Gasteiger charge is 2.15. The van der Waals surface area contributed by atoms with Gasteiger partial charge >= 0.3 is 0 Å². The van der Waals surface area contributed by atoms with Crippen molar-refractivity contribution in [2.24, 2.45) is 0 Å². The van der Waals surface area contributed by atoms with Gasteiger partial charge in [0, 0.05) is 12.8 Å². The van der Waals surface area contributed by atoms with Crippen LogP contribution in [-0.4, -0.2) is 10.9 Å². The number of nitrogens with zero attached hydrogens (tertiary/aromatic N) is 1. The first-order chi connectivity index (χ1) is 6.75. The monoisotopic (exact) mass is 189 g/mol. The van der Waals surface area contributed by atoms with Crippen LogP contribution in [0.1, 0.15) is 24.5 Å². The number of ketones is 1. The van der Waals surface area contributed by atoms with E-state index in [0.29, 0.717) is 5.56 Å². The minimum Gasteiger partial charge on any atom is -0.381 e. The lowest BCUT2D eigenvalue weighted by molar-refractivity contribution is -0.127. The van der Waals surface area contributed by atoms with E-state index in [1.54, 1.807) is 24.3 Å². The van der Waals surface area contributed by atoms with Gasteiger partial charge in [-0.1, -0.05) is 30.3 Å². The molecule has 1 aromatic rings. The van der Waals surface area contributed by atoms with Crippen molar-refractivity contribution in [1.29, 1.82) is 5.26 Å².